The molecule has 4 nitrogen and oxygen atoms in total. The van der Waals surface area contributed by atoms with Gasteiger partial charge < -0.3 is 15.1 Å². The summed E-state index contributed by atoms with van der Waals surface area (Å²) in [4.78, 5) is 17.5. The van der Waals surface area contributed by atoms with E-state index in [2.05, 4.69) is 37.1 Å². The van der Waals surface area contributed by atoms with E-state index in [4.69, 9.17) is 0 Å². The highest BCUT2D eigenvalue weighted by atomic mass is 19.1. The van der Waals surface area contributed by atoms with Gasteiger partial charge in [0.2, 0.25) is 0 Å². The third-order valence-corrected chi connectivity index (χ3v) is 8.23. The Morgan fingerprint density at radius 2 is 2.09 bits per heavy atom. The molecule has 1 heterocycles. The number of hydrogen-bond acceptors (Lipinski definition) is 2. The second-order valence-corrected chi connectivity index (χ2v) is 10.5. The van der Waals surface area contributed by atoms with Gasteiger partial charge in [-0.05, 0) is 75.0 Å². The molecule has 2 bridgehead atoms. The fraction of sp³-hybridized carbons (Fsp3) is 0.654. The number of carbonyl (C=O) groups is 1. The molecular formula is C26H37F2N3O. The zero-order valence-electron chi connectivity index (χ0n) is 19.7. The Hall–Kier alpha value is -1.95. The van der Waals surface area contributed by atoms with E-state index in [1.165, 1.54) is 43.4 Å². The first kappa shape index (κ1) is 23.2. The van der Waals surface area contributed by atoms with Crippen molar-refractivity contribution < 1.29 is 13.6 Å². The van der Waals surface area contributed by atoms with Gasteiger partial charge >= 0.3 is 6.03 Å². The average molecular weight is 446 g/mol. The molecule has 5 rings (SSSR count). The highest BCUT2D eigenvalue weighted by Crippen LogP contribution is 2.59. The summed E-state index contributed by atoms with van der Waals surface area (Å²) in [6, 6.07) is 3.53. The Kier molecular flexibility index (Phi) is 6.89. The van der Waals surface area contributed by atoms with E-state index in [1.54, 1.807) is 0 Å². The lowest BCUT2D eigenvalue weighted by Crippen LogP contribution is -2.50. The van der Waals surface area contributed by atoms with Gasteiger partial charge in [-0.15, -0.1) is 0 Å². The van der Waals surface area contributed by atoms with Crippen LogP contribution in [0, 0.1) is 28.9 Å². The number of benzene rings is 1. The summed E-state index contributed by atoms with van der Waals surface area (Å²) >= 11 is 0. The molecule has 1 N–H and O–H groups in total. The quantitative estimate of drug-likeness (QED) is 0.518. The number of anilines is 1. The molecule has 2 amide bonds. The molecule has 3 aliphatic carbocycles. The molecule has 0 spiro atoms. The van der Waals surface area contributed by atoms with E-state index in [9.17, 15) is 13.6 Å². The molecule has 3 unspecified atom stereocenters. The third-order valence-electron chi connectivity index (χ3n) is 8.23. The van der Waals surface area contributed by atoms with E-state index in [0.717, 1.165) is 37.9 Å². The first-order valence-electron chi connectivity index (χ1n) is 12.2. The summed E-state index contributed by atoms with van der Waals surface area (Å²) < 4.78 is 27.4. The van der Waals surface area contributed by atoms with Crippen LogP contribution in [0.5, 0.6) is 0 Å². The normalized spacial score (nSPS) is 26.8. The van der Waals surface area contributed by atoms with Crippen molar-refractivity contribution in [2.75, 3.05) is 31.5 Å². The molecule has 1 aromatic rings. The molecule has 32 heavy (non-hydrogen) atoms. The molecule has 6 heteroatoms. The van der Waals surface area contributed by atoms with Crippen LogP contribution in [0.3, 0.4) is 0 Å². The van der Waals surface area contributed by atoms with Crippen LogP contribution < -0.4 is 5.32 Å². The van der Waals surface area contributed by atoms with Crippen molar-refractivity contribution in [2.45, 2.75) is 65.3 Å². The number of hydrogen-bond donors (Lipinski definition) is 1. The third kappa shape index (κ3) is 4.85. The van der Waals surface area contributed by atoms with Gasteiger partial charge in [-0.1, -0.05) is 31.9 Å². The number of urea groups is 1. The van der Waals surface area contributed by atoms with Gasteiger partial charge in [-0.25, -0.2) is 13.6 Å². The summed E-state index contributed by atoms with van der Waals surface area (Å²) in [7, 11) is 0. The second-order valence-electron chi connectivity index (χ2n) is 10.5. The number of amides is 2. The zero-order chi connectivity index (χ0) is 22.9. The van der Waals surface area contributed by atoms with E-state index >= 15 is 0 Å². The maximum absolute atomic E-state index is 14.1. The maximum Gasteiger partial charge on any atom is 0.322 e. The van der Waals surface area contributed by atoms with Crippen LogP contribution in [0.2, 0.25) is 0 Å². The van der Waals surface area contributed by atoms with Crippen LogP contribution in [0.15, 0.2) is 29.8 Å². The summed E-state index contributed by atoms with van der Waals surface area (Å²) in [5.41, 5.74) is 1.64. The monoisotopic (exact) mass is 445 g/mol. The number of rotatable bonds is 7. The van der Waals surface area contributed by atoms with Crippen LogP contribution in [-0.4, -0.2) is 48.1 Å². The van der Waals surface area contributed by atoms with E-state index in [1.807, 2.05) is 4.90 Å². The van der Waals surface area contributed by atoms with Crippen LogP contribution >= 0.6 is 0 Å². The molecule has 1 aromatic carbocycles. The second kappa shape index (κ2) is 9.50. The lowest BCUT2D eigenvalue weighted by Gasteiger charge is -2.57. The molecule has 1 aliphatic heterocycles. The van der Waals surface area contributed by atoms with Crippen molar-refractivity contribution >= 4 is 11.7 Å². The highest BCUT2D eigenvalue weighted by Gasteiger charge is 2.51. The minimum Gasteiger partial charge on any atom is -0.320 e. The molecule has 4 aliphatic rings. The average Bonchev–Trinajstić information content (AvgIpc) is 2.76. The van der Waals surface area contributed by atoms with Crippen molar-refractivity contribution in [3.05, 3.63) is 41.5 Å². The number of carbonyl (C=O) groups excluding carboxylic acids is 1. The standard InChI is InChI=1S/C26H37F2N3O/c1-18-7-4-5-12-30(18)13-6-14-31(17-19-8-9-20-15-22(19)26(20,2)3)25(32)29-24-11-10-21(27)16-23(24)28/h8,10-11,16,18,20,22H,4-7,9,12-15,17H2,1-3H3,(H,29,32). The van der Waals surface area contributed by atoms with Crippen molar-refractivity contribution in [1.82, 2.24) is 9.80 Å². The van der Waals surface area contributed by atoms with Crippen LogP contribution in [0.4, 0.5) is 19.3 Å². The summed E-state index contributed by atoms with van der Waals surface area (Å²) in [5.74, 6) is -0.143. The van der Waals surface area contributed by atoms with Crippen molar-refractivity contribution in [3.8, 4) is 0 Å². The number of piperidine rings is 1. The number of halogens is 2. The van der Waals surface area contributed by atoms with Crippen molar-refractivity contribution in [2.24, 2.45) is 17.3 Å². The Morgan fingerprint density at radius 3 is 2.78 bits per heavy atom. The molecule has 0 radical (unpaired) electrons. The lowest BCUT2D eigenvalue weighted by atomic mass is 9.49. The van der Waals surface area contributed by atoms with Gasteiger partial charge in [0.25, 0.3) is 0 Å². The van der Waals surface area contributed by atoms with Gasteiger partial charge in [0.15, 0.2) is 0 Å². The van der Waals surface area contributed by atoms with E-state index in [-0.39, 0.29) is 11.7 Å². The number of likely N-dealkylation sites (tertiary alicyclic amines) is 1. The predicted octanol–water partition coefficient (Wildman–Crippen LogP) is 6.06. The Balaban J connectivity index is 1.43. The maximum atomic E-state index is 14.1. The Morgan fingerprint density at radius 1 is 1.28 bits per heavy atom. The van der Waals surface area contributed by atoms with Crippen molar-refractivity contribution in [3.63, 3.8) is 0 Å². The van der Waals surface area contributed by atoms with Gasteiger partial charge in [0, 0.05) is 31.7 Å². The fourth-order valence-corrected chi connectivity index (χ4v) is 5.87. The summed E-state index contributed by atoms with van der Waals surface area (Å²) in [6.07, 6.45) is 9.24. The van der Waals surface area contributed by atoms with Gasteiger partial charge in [0.1, 0.15) is 11.6 Å². The van der Waals surface area contributed by atoms with Gasteiger partial charge in [-0.2, -0.15) is 0 Å². The van der Waals surface area contributed by atoms with E-state index < -0.39 is 11.6 Å². The number of allylic oxidation sites excluding steroid dienone is 1. The number of nitrogens with one attached hydrogen (secondary N) is 1. The topological polar surface area (TPSA) is 35.6 Å². The SMILES string of the molecule is CC1CCCCN1CCCN(CC1=CCC2CC1C2(C)C)C(=O)Nc1ccc(F)cc1F. The number of fused-ring (bicyclic) bond motifs is 1. The molecule has 1 saturated heterocycles. The van der Waals surface area contributed by atoms with Gasteiger partial charge in [-0.3, -0.25) is 0 Å². The largest absolute Gasteiger partial charge is 0.322 e. The first-order chi connectivity index (χ1) is 15.3. The molecule has 1 saturated carbocycles. The number of nitrogens with zero attached hydrogens (tertiary/aromatic N) is 2. The molecular weight excluding hydrogens is 408 g/mol. The smallest absolute Gasteiger partial charge is 0.320 e. The first-order valence-corrected chi connectivity index (χ1v) is 12.2. The van der Waals surface area contributed by atoms with Gasteiger partial charge in [0.05, 0.1) is 5.69 Å². The molecule has 2 fully saturated rings. The Labute approximate surface area is 191 Å². The molecule has 176 valence electrons. The Bertz CT molecular complexity index is 869. The lowest BCUT2D eigenvalue weighted by molar-refractivity contribution is -0.00958. The van der Waals surface area contributed by atoms with E-state index in [0.29, 0.717) is 30.5 Å². The molecule has 3 atom stereocenters. The minimum atomic E-state index is -0.750. The van der Waals surface area contributed by atoms with Crippen LogP contribution in [0.1, 0.15) is 59.3 Å². The summed E-state index contributed by atoms with van der Waals surface area (Å²) in [5, 5.41) is 2.68. The zero-order valence-corrected chi connectivity index (χ0v) is 19.7. The highest BCUT2D eigenvalue weighted by molar-refractivity contribution is 5.89. The fourth-order valence-electron chi connectivity index (χ4n) is 5.87. The summed E-state index contributed by atoms with van der Waals surface area (Å²) in [6.45, 7) is 10.2. The minimum absolute atomic E-state index is 0.0210. The van der Waals surface area contributed by atoms with Crippen LogP contribution in [0.25, 0.3) is 0 Å². The van der Waals surface area contributed by atoms with Crippen LogP contribution in [-0.2, 0) is 0 Å². The predicted molar refractivity (Wildman–Crippen MR) is 125 cm³/mol. The van der Waals surface area contributed by atoms with Crippen molar-refractivity contribution in [1.29, 1.82) is 0 Å². The molecule has 0 aromatic heterocycles.